The Morgan fingerprint density at radius 1 is 1.00 bits per heavy atom. The van der Waals surface area contributed by atoms with Crippen molar-refractivity contribution in [1.82, 2.24) is 4.98 Å². The summed E-state index contributed by atoms with van der Waals surface area (Å²) in [6.45, 7) is 2.26. The van der Waals surface area contributed by atoms with E-state index in [1.54, 1.807) is 0 Å². The van der Waals surface area contributed by atoms with Crippen LogP contribution in [0.2, 0.25) is 0 Å². The molecule has 20 heavy (non-hydrogen) atoms. The Labute approximate surface area is 128 Å². The number of hydrogen-bond acceptors (Lipinski definition) is 0. The molecule has 0 fully saturated rings. The molecule has 104 valence electrons. The molecule has 2 heteroatoms. The van der Waals surface area contributed by atoms with Gasteiger partial charge in [0.1, 0.15) is 0 Å². The molecule has 0 amide bonds. The quantitative estimate of drug-likeness (QED) is 0.536. The second kappa shape index (κ2) is 6.01. The number of hydrogen-bond donors (Lipinski definition) is 1. The molecule has 0 spiro atoms. The van der Waals surface area contributed by atoms with E-state index < -0.39 is 0 Å². The van der Waals surface area contributed by atoms with Crippen LogP contribution in [0.1, 0.15) is 38.2 Å². The minimum Gasteiger partial charge on any atom is -0.354 e. The number of aryl methyl sites for hydroxylation is 1. The van der Waals surface area contributed by atoms with Crippen LogP contribution in [0.4, 0.5) is 0 Å². The molecule has 0 aliphatic heterocycles. The van der Waals surface area contributed by atoms with Gasteiger partial charge in [-0.15, -0.1) is 0 Å². The molecule has 0 aliphatic rings. The highest BCUT2D eigenvalue weighted by Crippen LogP contribution is 2.33. The molecule has 0 bridgehead atoms. The third kappa shape index (κ3) is 2.49. The number of halogens is 1. The number of H-pyrrole nitrogens is 1. The SMILES string of the molecule is CCCCCCc1ccc(Br)c2[nH]c3ccccc3c12. The van der Waals surface area contributed by atoms with Gasteiger partial charge in [0.05, 0.1) is 5.52 Å². The Morgan fingerprint density at radius 3 is 2.70 bits per heavy atom. The van der Waals surface area contributed by atoms with Crippen molar-refractivity contribution in [3.8, 4) is 0 Å². The fraction of sp³-hybridized carbons (Fsp3) is 0.333. The first-order valence-electron chi connectivity index (χ1n) is 7.49. The Hall–Kier alpha value is -1.28. The molecule has 0 atom stereocenters. The van der Waals surface area contributed by atoms with Crippen molar-refractivity contribution >= 4 is 37.7 Å². The third-order valence-corrected chi connectivity index (χ3v) is 4.66. The average Bonchev–Trinajstić information content (AvgIpc) is 2.86. The van der Waals surface area contributed by atoms with Crippen LogP contribution in [-0.4, -0.2) is 4.98 Å². The van der Waals surface area contributed by atoms with E-state index in [1.165, 1.54) is 59.5 Å². The molecular weight excluding hydrogens is 310 g/mol. The topological polar surface area (TPSA) is 15.8 Å². The Balaban J connectivity index is 2.05. The van der Waals surface area contributed by atoms with Crippen molar-refractivity contribution in [1.29, 1.82) is 0 Å². The van der Waals surface area contributed by atoms with Gasteiger partial charge >= 0.3 is 0 Å². The first kappa shape index (κ1) is 13.7. The van der Waals surface area contributed by atoms with Crippen LogP contribution in [0.3, 0.4) is 0 Å². The van der Waals surface area contributed by atoms with Gasteiger partial charge in [0.25, 0.3) is 0 Å². The number of nitrogens with one attached hydrogen (secondary N) is 1. The fourth-order valence-electron chi connectivity index (χ4n) is 2.95. The van der Waals surface area contributed by atoms with Gasteiger partial charge in [-0.1, -0.05) is 50.5 Å². The van der Waals surface area contributed by atoms with Crippen LogP contribution in [0, 0.1) is 0 Å². The first-order chi connectivity index (χ1) is 9.81. The maximum atomic E-state index is 3.67. The number of para-hydroxylation sites is 1. The molecule has 3 rings (SSSR count). The van der Waals surface area contributed by atoms with Gasteiger partial charge in [-0.3, -0.25) is 0 Å². The molecule has 3 aromatic rings. The molecule has 0 unspecified atom stereocenters. The lowest BCUT2D eigenvalue weighted by Gasteiger charge is -2.05. The number of aromatic amines is 1. The lowest BCUT2D eigenvalue weighted by Crippen LogP contribution is -1.88. The predicted molar refractivity (Wildman–Crippen MR) is 91.4 cm³/mol. The number of aromatic nitrogens is 1. The molecule has 1 nitrogen and oxygen atoms in total. The smallest absolute Gasteiger partial charge is 0.0612 e. The second-order valence-corrected chi connectivity index (χ2v) is 6.29. The van der Waals surface area contributed by atoms with Crippen molar-refractivity contribution < 1.29 is 0 Å². The monoisotopic (exact) mass is 329 g/mol. The summed E-state index contributed by atoms with van der Waals surface area (Å²) >= 11 is 3.67. The minimum absolute atomic E-state index is 1.15. The highest BCUT2D eigenvalue weighted by Gasteiger charge is 2.10. The van der Waals surface area contributed by atoms with Gasteiger partial charge < -0.3 is 4.98 Å². The van der Waals surface area contributed by atoms with E-state index in [9.17, 15) is 0 Å². The van der Waals surface area contributed by atoms with E-state index in [0.29, 0.717) is 0 Å². The van der Waals surface area contributed by atoms with Crippen molar-refractivity contribution in [2.45, 2.75) is 39.0 Å². The molecule has 0 radical (unpaired) electrons. The van der Waals surface area contributed by atoms with E-state index >= 15 is 0 Å². The molecule has 0 saturated heterocycles. The van der Waals surface area contributed by atoms with Crippen LogP contribution >= 0.6 is 15.9 Å². The largest absolute Gasteiger partial charge is 0.354 e. The van der Waals surface area contributed by atoms with E-state index in [2.05, 4.69) is 64.2 Å². The number of fused-ring (bicyclic) bond motifs is 3. The summed E-state index contributed by atoms with van der Waals surface area (Å²) in [6.07, 6.45) is 6.42. The summed E-state index contributed by atoms with van der Waals surface area (Å²) in [7, 11) is 0. The van der Waals surface area contributed by atoms with E-state index in [0.717, 1.165) is 4.47 Å². The van der Waals surface area contributed by atoms with Crippen molar-refractivity contribution in [3.63, 3.8) is 0 Å². The van der Waals surface area contributed by atoms with E-state index in [4.69, 9.17) is 0 Å². The van der Waals surface area contributed by atoms with Crippen LogP contribution < -0.4 is 0 Å². The lowest BCUT2D eigenvalue weighted by atomic mass is 10.0. The highest BCUT2D eigenvalue weighted by molar-refractivity contribution is 9.10. The predicted octanol–water partition coefficient (Wildman–Crippen LogP) is 6.21. The molecule has 0 saturated carbocycles. The third-order valence-electron chi connectivity index (χ3n) is 4.00. The van der Waals surface area contributed by atoms with Gasteiger partial charge in [-0.25, -0.2) is 0 Å². The number of benzene rings is 2. The number of rotatable bonds is 5. The van der Waals surface area contributed by atoms with E-state index in [1.807, 2.05) is 0 Å². The Morgan fingerprint density at radius 2 is 1.85 bits per heavy atom. The normalized spacial score (nSPS) is 11.5. The van der Waals surface area contributed by atoms with Gasteiger partial charge in [-0.2, -0.15) is 0 Å². The van der Waals surface area contributed by atoms with Crippen LogP contribution in [0.5, 0.6) is 0 Å². The van der Waals surface area contributed by atoms with Crippen LogP contribution in [-0.2, 0) is 6.42 Å². The van der Waals surface area contributed by atoms with Crippen molar-refractivity contribution in [2.24, 2.45) is 0 Å². The van der Waals surface area contributed by atoms with E-state index in [-0.39, 0.29) is 0 Å². The minimum atomic E-state index is 1.15. The zero-order valence-corrected chi connectivity index (χ0v) is 13.5. The molecule has 1 heterocycles. The Kier molecular flexibility index (Phi) is 4.11. The average molecular weight is 330 g/mol. The maximum Gasteiger partial charge on any atom is 0.0612 e. The summed E-state index contributed by atoms with van der Waals surface area (Å²) in [5, 5.41) is 2.74. The standard InChI is InChI=1S/C18H20BrN/c1-2-3-4-5-8-13-11-12-15(19)18-17(13)14-9-6-7-10-16(14)20-18/h6-7,9-12,20H,2-5,8H2,1H3. The molecular formula is C18H20BrN. The number of unbranched alkanes of at least 4 members (excludes halogenated alkanes) is 3. The summed E-state index contributed by atoms with van der Waals surface area (Å²) in [5.41, 5.74) is 3.93. The maximum absolute atomic E-state index is 3.67. The highest BCUT2D eigenvalue weighted by atomic mass is 79.9. The summed E-state index contributed by atoms with van der Waals surface area (Å²) in [6, 6.07) is 13.0. The molecule has 1 aromatic heterocycles. The molecule has 1 N–H and O–H groups in total. The summed E-state index contributed by atoms with van der Waals surface area (Å²) in [4.78, 5) is 3.54. The first-order valence-corrected chi connectivity index (χ1v) is 8.28. The molecule has 0 aliphatic carbocycles. The van der Waals surface area contributed by atoms with Crippen LogP contribution in [0.15, 0.2) is 40.9 Å². The van der Waals surface area contributed by atoms with Crippen LogP contribution in [0.25, 0.3) is 21.8 Å². The fourth-order valence-corrected chi connectivity index (χ4v) is 3.38. The lowest BCUT2D eigenvalue weighted by molar-refractivity contribution is 0.668. The van der Waals surface area contributed by atoms with Gasteiger partial charge in [-0.05, 0) is 46.5 Å². The van der Waals surface area contributed by atoms with Crippen molar-refractivity contribution in [2.75, 3.05) is 0 Å². The van der Waals surface area contributed by atoms with Crippen molar-refractivity contribution in [3.05, 3.63) is 46.4 Å². The van der Waals surface area contributed by atoms with Gasteiger partial charge in [0.15, 0.2) is 0 Å². The summed E-state index contributed by atoms with van der Waals surface area (Å²) in [5.74, 6) is 0. The molecule has 2 aromatic carbocycles. The van der Waals surface area contributed by atoms with Gasteiger partial charge in [0.2, 0.25) is 0 Å². The van der Waals surface area contributed by atoms with Gasteiger partial charge in [0, 0.05) is 20.8 Å². The Bertz CT molecular complexity index is 727. The zero-order chi connectivity index (χ0) is 13.9. The summed E-state index contributed by atoms with van der Waals surface area (Å²) < 4.78 is 1.15. The zero-order valence-electron chi connectivity index (χ0n) is 11.9. The second-order valence-electron chi connectivity index (χ2n) is 5.44.